The van der Waals surface area contributed by atoms with Gasteiger partial charge in [0.15, 0.2) is 0 Å². The molecule has 3 N–H and O–H groups in total. The molecule has 4 nitrogen and oxygen atoms in total. The number of nitrogens with one attached hydrogen (secondary N) is 1. The molecule has 15 heavy (non-hydrogen) atoms. The second-order valence-electron chi connectivity index (χ2n) is 4.15. The van der Waals surface area contributed by atoms with E-state index in [4.69, 9.17) is 10.5 Å². The highest BCUT2D eigenvalue weighted by atomic mass is 35.5. The molecule has 1 amide bonds. The number of ether oxygens (including phenoxy) is 1. The van der Waals surface area contributed by atoms with Gasteiger partial charge in [0.2, 0.25) is 5.91 Å². The lowest BCUT2D eigenvalue weighted by Gasteiger charge is -2.17. The zero-order valence-electron chi connectivity index (χ0n) is 9.36. The third-order valence-electron chi connectivity index (χ3n) is 2.39. The molecule has 0 radical (unpaired) electrons. The Bertz CT molecular complexity index is 196. The van der Waals surface area contributed by atoms with Crippen LogP contribution in [-0.2, 0) is 9.53 Å². The molecule has 1 fully saturated rings. The Labute approximate surface area is 97.3 Å². The fourth-order valence-corrected chi connectivity index (χ4v) is 1.53. The van der Waals surface area contributed by atoms with Crippen LogP contribution in [0, 0.1) is 5.92 Å². The first kappa shape index (κ1) is 14.7. The van der Waals surface area contributed by atoms with Gasteiger partial charge in [-0.15, -0.1) is 12.4 Å². The molecule has 90 valence electrons. The van der Waals surface area contributed by atoms with Gasteiger partial charge in [0.05, 0.1) is 12.6 Å². The third kappa shape index (κ3) is 5.97. The number of carbonyl (C=O) groups excluding carboxylic acids is 1. The van der Waals surface area contributed by atoms with Crippen molar-refractivity contribution >= 4 is 18.3 Å². The summed E-state index contributed by atoms with van der Waals surface area (Å²) in [5, 5.41) is 2.97. The van der Waals surface area contributed by atoms with Gasteiger partial charge in [-0.2, -0.15) is 0 Å². The minimum atomic E-state index is -0.0719. The summed E-state index contributed by atoms with van der Waals surface area (Å²) in [5.41, 5.74) is 5.54. The molecule has 0 aliphatic heterocycles. The number of amides is 1. The summed E-state index contributed by atoms with van der Waals surface area (Å²) in [6, 6.07) is 0.114. The first-order chi connectivity index (χ1) is 6.63. The van der Waals surface area contributed by atoms with Crippen molar-refractivity contribution in [1.29, 1.82) is 0 Å². The van der Waals surface area contributed by atoms with Crippen LogP contribution in [-0.4, -0.2) is 31.7 Å². The lowest BCUT2D eigenvalue weighted by atomic mass is 10.1. The molecule has 0 bridgehead atoms. The highest BCUT2D eigenvalue weighted by Gasteiger charge is 2.32. The Morgan fingerprint density at radius 1 is 1.60 bits per heavy atom. The van der Waals surface area contributed by atoms with Crippen LogP contribution in [0.5, 0.6) is 0 Å². The summed E-state index contributed by atoms with van der Waals surface area (Å²) in [6.45, 7) is 2.44. The van der Waals surface area contributed by atoms with Gasteiger partial charge in [0.25, 0.3) is 0 Å². The maximum atomic E-state index is 11.4. The van der Waals surface area contributed by atoms with Crippen LogP contribution in [0.3, 0.4) is 0 Å². The minimum absolute atomic E-state index is 0. The van der Waals surface area contributed by atoms with Gasteiger partial charge < -0.3 is 15.8 Å². The fourth-order valence-electron chi connectivity index (χ4n) is 1.53. The monoisotopic (exact) mass is 236 g/mol. The van der Waals surface area contributed by atoms with Gasteiger partial charge in [-0.25, -0.2) is 0 Å². The van der Waals surface area contributed by atoms with E-state index < -0.39 is 0 Å². The van der Waals surface area contributed by atoms with Crippen LogP contribution < -0.4 is 11.1 Å². The normalized spacial score (nSPS) is 18.9. The maximum absolute atomic E-state index is 11.4. The molecule has 5 heteroatoms. The first-order valence-electron chi connectivity index (χ1n) is 5.17. The largest absolute Gasteiger partial charge is 0.383 e. The Balaban J connectivity index is 0.00000196. The smallest absolute Gasteiger partial charge is 0.221 e. The second kappa shape index (κ2) is 7.04. The van der Waals surface area contributed by atoms with Crippen LogP contribution in [0.4, 0.5) is 0 Å². The Hall–Kier alpha value is -0.320. The van der Waals surface area contributed by atoms with Crippen molar-refractivity contribution in [1.82, 2.24) is 5.32 Å². The fraction of sp³-hybridized carbons (Fsp3) is 0.900. The van der Waals surface area contributed by atoms with E-state index in [9.17, 15) is 4.79 Å². The van der Waals surface area contributed by atoms with Crippen molar-refractivity contribution in [3.63, 3.8) is 0 Å². The molecule has 0 aromatic heterocycles. The maximum Gasteiger partial charge on any atom is 0.221 e. The van der Waals surface area contributed by atoms with Gasteiger partial charge in [-0.3, -0.25) is 4.79 Å². The van der Waals surface area contributed by atoms with E-state index in [1.807, 2.05) is 6.92 Å². The number of hydrogen-bond acceptors (Lipinski definition) is 3. The molecule has 0 aromatic rings. The predicted octanol–water partition coefficient (Wildman–Crippen LogP) is 0.687. The van der Waals surface area contributed by atoms with Crippen molar-refractivity contribution < 1.29 is 9.53 Å². The Kier molecular flexibility index (Phi) is 6.89. The summed E-state index contributed by atoms with van der Waals surface area (Å²) >= 11 is 0. The van der Waals surface area contributed by atoms with Gasteiger partial charge in [-0.1, -0.05) is 0 Å². The van der Waals surface area contributed by atoms with Crippen LogP contribution in [0.25, 0.3) is 0 Å². The predicted molar refractivity (Wildman–Crippen MR) is 62.0 cm³/mol. The van der Waals surface area contributed by atoms with E-state index in [0.717, 1.165) is 0 Å². The average Bonchev–Trinajstić information content (AvgIpc) is 2.83. The summed E-state index contributed by atoms with van der Waals surface area (Å²) in [4.78, 5) is 11.4. The summed E-state index contributed by atoms with van der Waals surface area (Å²) in [5.74, 6) is 0.654. The van der Waals surface area contributed by atoms with Crippen LogP contribution in [0.1, 0.15) is 26.2 Å². The number of carbonyl (C=O) groups is 1. The molecule has 0 aromatic carbocycles. The zero-order chi connectivity index (χ0) is 10.6. The average molecular weight is 237 g/mol. The van der Waals surface area contributed by atoms with E-state index in [1.54, 1.807) is 7.11 Å². The zero-order valence-corrected chi connectivity index (χ0v) is 10.2. The molecule has 2 unspecified atom stereocenters. The summed E-state index contributed by atoms with van der Waals surface area (Å²) < 4.78 is 5.07. The summed E-state index contributed by atoms with van der Waals surface area (Å²) in [7, 11) is 1.66. The quantitative estimate of drug-likeness (QED) is 0.713. The van der Waals surface area contributed by atoms with Gasteiger partial charge in [0.1, 0.15) is 0 Å². The van der Waals surface area contributed by atoms with E-state index in [2.05, 4.69) is 5.32 Å². The molecule has 1 rings (SSSR count). The molecule has 1 aliphatic rings. The third-order valence-corrected chi connectivity index (χ3v) is 2.39. The second-order valence-corrected chi connectivity index (χ2v) is 4.15. The molecule has 1 aliphatic carbocycles. The van der Waals surface area contributed by atoms with Crippen molar-refractivity contribution in [2.45, 2.75) is 38.3 Å². The van der Waals surface area contributed by atoms with Crippen molar-refractivity contribution in [2.24, 2.45) is 11.7 Å². The van der Waals surface area contributed by atoms with Crippen molar-refractivity contribution in [3.05, 3.63) is 0 Å². The molecule has 1 saturated carbocycles. The van der Waals surface area contributed by atoms with Gasteiger partial charge in [-0.05, 0) is 25.7 Å². The molecule has 0 heterocycles. The molecule has 2 atom stereocenters. The highest BCUT2D eigenvalue weighted by molar-refractivity contribution is 5.85. The number of methoxy groups -OCH3 is 1. The minimum Gasteiger partial charge on any atom is -0.383 e. The lowest BCUT2D eigenvalue weighted by Crippen LogP contribution is -2.41. The van der Waals surface area contributed by atoms with E-state index in [1.165, 1.54) is 12.8 Å². The number of hydrogen-bond donors (Lipinski definition) is 2. The van der Waals surface area contributed by atoms with E-state index >= 15 is 0 Å². The Morgan fingerprint density at radius 3 is 2.60 bits per heavy atom. The highest BCUT2D eigenvalue weighted by Crippen LogP contribution is 2.32. The molecular formula is C10H21ClN2O2. The van der Waals surface area contributed by atoms with Crippen molar-refractivity contribution in [2.75, 3.05) is 13.7 Å². The van der Waals surface area contributed by atoms with Crippen molar-refractivity contribution in [3.8, 4) is 0 Å². The SMILES string of the molecule is COCC(NC(=O)CC(C)N)C1CC1.Cl. The van der Waals surface area contributed by atoms with E-state index in [0.29, 0.717) is 18.9 Å². The molecule has 0 saturated heterocycles. The molecular weight excluding hydrogens is 216 g/mol. The topological polar surface area (TPSA) is 64.3 Å². The number of nitrogens with two attached hydrogens (primary N) is 1. The standard InChI is InChI=1S/C10H20N2O2.ClH/c1-7(11)5-10(13)12-9(6-14-2)8-3-4-8;/h7-9H,3-6,11H2,1-2H3,(H,12,13);1H. The lowest BCUT2D eigenvalue weighted by molar-refractivity contribution is -0.122. The van der Waals surface area contributed by atoms with E-state index in [-0.39, 0.29) is 30.4 Å². The van der Waals surface area contributed by atoms with Crippen LogP contribution >= 0.6 is 12.4 Å². The van der Waals surface area contributed by atoms with Crippen LogP contribution in [0.2, 0.25) is 0 Å². The van der Waals surface area contributed by atoms with Gasteiger partial charge >= 0.3 is 0 Å². The number of rotatable bonds is 6. The number of halogens is 1. The Morgan fingerprint density at radius 2 is 2.20 bits per heavy atom. The van der Waals surface area contributed by atoms with Gasteiger partial charge in [0, 0.05) is 19.6 Å². The first-order valence-corrected chi connectivity index (χ1v) is 5.17. The van der Waals surface area contributed by atoms with Crippen LogP contribution in [0.15, 0.2) is 0 Å². The summed E-state index contributed by atoms with van der Waals surface area (Å²) in [6.07, 6.45) is 2.80. The molecule has 0 spiro atoms.